The number of nitrogens with two attached hydrogens (primary N) is 1. The quantitative estimate of drug-likeness (QED) is 0.852. The van der Waals surface area contributed by atoms with Crippen molar-refractivity contribution in [2.75, 3.05) is 19.6 Å². The summed E-state index contributed by atoms with van der Waals surface area (Å²) in [5, 5.41) is 3.08. The Morgan fingerprint density at radius 3 is 2.32 bits per heavy atom. The molecule has 1 saturated heterocycles. The highest BCUT2D eigenvalue weighted by Crippen LogP contribution is 2.18. The number of piperidine rings is 1. The summed E-state index contributed by atoms with van der Waals surface area (Å²) in [7, 11) is 0. The standard InChI is InChI=1S/C21H27N3O/c22-14-17-6-8-20(9-7-17)21(25)23-15-18-10-12-24(13-11-18)16-19-4-2-1-3-5-19/h1-9,18H,10-16,22H2,(H,23,25). The van der Waals surface area contributed by atoms with Gasteiger partial charge in [-0.2, -0.15) is 0 Å². The molecular weight excluding hydrogens is 310 g/mol. The second-order valence-corrected chi connectivity index (χ2v) is 6.82. The van der Waals surface area contributed by atoms with E-state index in [1.54, 1.807) is 0 Å². The van der Waals surface area contributed by atoms with E-state index in [2.05, 4.69) is 40.5 Å². The minimum atomic E-state index is 0.00952. The number of rotatable bonds is 6. The molecule has 0 radical (unpaired) electrons. The van der Waals surface area contributed by atoms with Gasteiger partial charge < -0.3 is 11.1 Å². The SMILES string of the molecule is NCc1ccc(C(=O)NCC2CCN(Cc3ccccc3)CC2)cc1. The number of hydrogen-bond donors (Lipinski definition) is 2. The molecule has 3 rings (SSSR count). The van der Waals surface area contributed by atoms with Gasteiger partial charge in [-0.3, -0.25) is 9.69 Å². The molecule has 0 aromatic heterocycles. The van der Waals surface area contributed by atoms with Crippen LogP contribution >= 0.6 is 0 Å². The topological polar surface area (TPSA) is 58.4 Å². The molecule has 4 nitrogen and oxygen atoms in total. The average Bonchev–Trinajstić information content (AvgIpc) is 2.68. The van der Waals surface area contributed by atoms with E-state index in [1.807, 2.05) is 24.3 Å². The number of carbonyl (C=O) groups is 1. The first-order valence-corrected chi connectivity index (χ1v) is 9.08. The highest BCUT2D eigenvalue weighted by molar-refractivity contribution is 5.94. The first-order chi connectivity index (χ1) is 12.2. The molecular formula is C21H27N3O. The van der Waals surface area contributed by atoms with Crippen LogP contribution in [0.3, 0.4) is 0 Å². The minimum Gasteiger partial charge on any atom is -0.352 e. The van der Waals surface area contributed by atoms with Crippen molar-refractivity contribution < 1.29 is 4.79 Å². The Hall–Kier alpha value is -2.17. The van der Waals surface area contributed by atoms with Crippen LogP contribution in [0.1, 0.15) is 34.3 Å². The molecule has 1 amide bonds. The van der Waals surface area contributed by atoms with Crippen molar-refractivity contribution in [1.82, 2.24) is 10.2 Å². The molecule has 1 heterocycles. The largest absolute Gasteiger partial charge is 0.352 e. The summed E-state index contributed by atoms with van der Waals surface area (Å²) in [4.78, 5) is 14.7. The molecule has 25 heavy (non-hydrogen) atoms. The van der Waals surface area contributed by atoms with Crippen molar-refractivity contribution >= 4 is 5.91 Å². The fraction of sp³-hybridized carbons (Fsp3) is 0.381. The molecule has 1 aliphatic rings. The second-order valence-electron chi connectivity index (χ2n) is 6.82. The van der Waals surface area contributed by atoms with Gasteiger partial charge in [0.1, 0.15) is 0 Å². The van der Waals surface area contributed by atoms with Crippen molar-refractivity contribution in [3.8, 4) is 0 Å². The molecule has 2 aromatic rings. The molecule has 0 unspecified atom stereocenters. The third-order valence-corrected chi connectivity index (χ3v) is 4.96. The van der Waals surface area contributed by atoms with E-state index in [4.69, 9.17) is 5.73 Å². The Labute approximate surface area is 150 Å². The van der Waals surface area contributed by atoms with Gasteiger partial charge in [-0.05, 0) is 55.1 Å². The third-order valence-electron chi connectivity index (χ3n) is 4.96. The van der Waals surface area contributed by atoms with Crippen molar-refractivity contribution in [2.24, 2.45) is 11.7 Å². The van der Waals surface area contributed by atoms with E-state index in [-0.39, 0.29) is 5.91 Å². The monoisotopic (exact) mass is 337 g/mol. The van der Waals surface area contributed by atoms with Crippen LogP contribution in [-0.2, 0) is 13.1 Å². The zero-order chi connectivity index (χ0) is 17.5. The number of hydrogen-bond acceptors (Lipinski definition) is 3. The van der Waals surface area contributed by atoms with E-state index >= 15 is 0 Å². The molecule has 0 aliphatic carbocycles. The third kappa shape index (κ3) is 5.15. The van der Waals surface area contributed by atoms with Crippen LogP contribution in [0.15, 0.2) is 54.6 Å². The van der Waals surface area contributed by atoms with Crippen molar-refractivity contribution in [1.29, 1.82) is 0 Å². The first kappa shape index (κ1) is 17.6. The van der Waals surface area contributed by atoms with Crippen LogP contribution in [0.4, 0.5) is 0 Å². The van der Waals surface area contributed by atoms with Crippen molar-refractivity contribution in [3.05, 3.63) is 71.3 Å². The molecule has 2 aromatic carbocycles. The predicted molar refractivity (Wildman–Crippen MR) is 101 cm³/mol. The smallest absolute Gasteiger partial charge is 0.251 e. The maximum absolute atomic E-state index is 12.2. The lowest BCUT2D eigenvalue weighted by Gasteiger charge is -2.32. The summed E-state index contributed by atoms with van der Waals surface area (Å²) in [5.74, 6) is 0.578. The van der Waals surface area contributed by atoms with Gasteiger partial charge in [0, 0.05) is 25.2 Å². The summed E-state index contributed by atoms with van der Waals surface area (Å²) in [6, 6.07) is 18.1. The maximum Gasteiger partial charge on any atom is 0.251 e. The van der Waals surface area contributed by atoms with Gasteiger partial charge in [-0.25, -0.2) is 0 Å². The van der Waals surface area contributed by atoms with Gasteiger partial charge in [0.2, 0.25) is 0 Å². The summed E-state index contributed by atoms with van der Waals surface area (Å²) in [6.45, 7) is 4.48. The van der Waals surface area contributed by atoms with Crippen molar-refractivity contribution in [2.45, 2.75) is 25.9 Å². The highest BCUT2D eigenvalue weighted by atomic mass is 16.1. The minimum absolute atomic E-state index is 0.00952. The Morgan fingerprint density at radius 1 is 1.00 bits per heavy atom. The van der Waals surface area contributed by atoms with E-state index in [0.29, 0.717) is 18.0 Å². The zero-order valence-corrected chi connectivity index (χ0v) is 14.7. The molecule has 3 N–H and O–H groups in total. The van der Waals surface area contributed by atoms with Gasteiger partial charge >= 0.3 is 0 Å². The van der Waals surface area contributed by atoms with Crippen LogP contribution in [0.5, 0.6) is 0 Å². The first-order valence-electron chi connectivity index (χ1n) is 9.08. The van der Waals surface area contributed by atoms with Crippen LogP contribution in [0.25, 0.3) is 0 Å². The number of carbonyl (C=O) groups excluding carboxylic acids is 1. The van der Waals surface area contributed by atoms with Gasteiger partial charge in [0.25, 0.3) is 5.91 Å². The lowest BCUT2D eigenvalue weighted by molar-refractivity contribution is 0.0935. The van der Waals surface area contributed by atoms with Crippen LogP contribution < -0.4 is 11.1 Å². The number of benzene rings is 2. The lowest BCUT2D eigenvalue weighted by Crippen LogP contribution is -2.38. The summed E-state index contributed by atoms with van der Waals surface area (Å²) >= 11 is 0. The predicted octanol–water partition coefficient (Wildman–Crippen LogP) is 2.79. The summed E-state index contributed by atoms with van der Waals surface area (Å²) in [6.07, 6.45) is 2.28. The van der Waals surface area contributed by atoms with Crippen LogP contribution in [0, 0.1) is 5.92 Å². The maximum atomic E-state index is 12.2. The van der Waals surface area contributed by atoms with Gasteiger partial charge in [0.15, 0.2) is 0 Å². The number of likely N-dealkylation sites (tertiary alicyclic amines) is 1. The number of nitrogens with one attached hydrogen (secondary N) is 1. The summed E-state index contributed by atoms with van der Waals surface area (Å²) in [5.41, 5.74) is 8.71. The normalized spacial score (nSPS) is 15.9. The van der Waals surface area contributed by atoms with E-state index < -0.39 is 0 Å². The molecule has 1 aliphatic heterocycles. The van der Waals surface area contributed by atoms with Gasteiger partial charge in [0.05, 0.1) is 0 Å². The molecule has 0 bridgehead atoms. The van der Waals surface area contributed by atoms with Gasteiger partial charge in [-0.1, -0.05) is 42.5 Å². The molecule has 132 valence electrons. The number of amides is 1. The summed E-state index contributed by atoms with van der Waals surface area (Å²) < 4.78 is 0. The highest BCUT2D eigenvalue weighted by Gasteiger charge is 2.20. The Balaban J connectivity index is 1.40. The molecule has 4 heteroatoms. The Morgan fingerprint density at radius 2 is 1.68 bits per heavy atom. The Bertz CT molecular complexity index is 661. The molecule has 0 spiro atoms. The zero-order valence-electron chi connectivity index (χ0n) is 14.7. The molecule has 1 fully saturated rings. The fourth-order valence-corrected chi connectivity index (χ4v) is 3.32. The Kier molecular flexibility index (Phi) is 6.20. The van der Waals surface area contributed by atoms with E-state index in [1.165, 1.54) is 5.56 Å². The van der Waals surface area contributed by atoms with Gasteiger partial charge in [-0.15, -0.1) is 0 Å². The number of nitrogens with zero attached hydrogens (tertiary/aromatic N) is 1. The van der Waals surface area contributed by atoms with E-state index in [9.17, 15) is 4.79 Å². The lowest BCUT2D eigenvalue weighted by atomic mass is 9.96. The fourth-order valence-electron chi connectivity index (χ4n) is 3.32. The molecule has 0 atom stereocenters. The molecule has 0 saturated carbocycles. The van der Waals surface area contributed by atoms with E-state index in [0.717, 1.165) is 44.6 Å². The van der Waals surface area contributed by atoms with Crippen LogP contribution in [0.2, 0.25) is 0 Å². The second kappa shape index (κ2) is 8.79. The van der Waals surface area contributed by atoms with Crippen LogP contribution in [-0.4, -0.2) is 30.4 Å². The average molecular weight is 337 g/mol. The van der Waals surface area contributed by atoms with Crippen molar-refractivity contribution in [3.63, 3.8) is 0 Å².